The van der Waals surface area contributed by atoms with Gasteiger partial charge in [-0.05, 0) is 30.7 Å². The van der Waals surface area contributed by atoms with E-state index in [0.29, 0.717) is 11.5 Å². The van der Waals surface area contributed by atoms with Crippen molar-refractivity contribution in [2.24, 2.45) is 12.5 Å². The maximum absolute atomic E-state index is 4.64. The summed E-state index contributed by atoms with van der Waals surface area (Å²) in [6.07, 6.45) is 3.89. The van der Waals surface area contributed by atoms with Crippen molar-refractivity contribution in [3.05, 3.63) is 30.0 Å². The van der Waals surface area contributed by atoms with E-state index in [0.717, 1.165) is 6.54 Å². The lowest BCUT2D eigenvalue weighted by Gasteiger charge is -2.17. The second-order valence-corrected chi connectivity index (χ2v) is 6.57. The van der Waals surface area contributed by atoms with Crippen LogP contribution in [0.25, 0.3) is 10.9 Å². The first-order valence-corrected chi connectivity index (χ1v) is 7.19. The number of benzene rings is 1. The van der Waals surface area contributed by atoms with Crippen LogP contribution in [-0.2, 0) is 13.6 Å². The van der Waals surface area contributed by atoms with E-state index >= 15 is 0 Å². The molecule has 3 nitrogen and oxygen atoms in total. The summed E-state index contributed by atoms with van der Waals surface area (Å²) < 4.78 is 1.98. The van der Waals surface area contributed by atoms with Crippen LogP contribution in [0.4, 0.5) is 0 Å². The quantitative estimate of drug-likeness (QED) is 0.914. The fourth-order valence-electron chi connectivity index (χ4n) is 3.27. The first-order valence-electron chi connectivity index (χ1n) is 7.19. The predicted molar refractivity (Wildman–Crippen MR) is 79.0 cm³/mol. The molecular formula is C16H23N3. The van der Waals surface area contributed by atoms with Crippen LogP contribution in [0.5, 0.6) is 0 Å². The topological polar surface area (TPSA) is 29.9 Å². The highest BCUT2D eigenvalue weighted by atomic mass is 15.3. The summed E-state index contributed by atoms with van der Waals surface area (Å²) in [6, 6.07) is 9.10. The van der Waals surface area contributed by atoms with E-state index in [1.54, 1.807) is 0 Å². The molecule has 1 aromatic heterocycles. The molecule has 0 amide bonds. The van der Waals surface area contributed by atoms with Crippen molar-refractivity contribution in [2.45, 2.75) is 45.7 Å². The molecule has 1 saturated carbocycles. The molecule has 1 aliphatic carbocycles. The predicted octanol–water partition coefficient (Wildman–Crippen LogP) is 3.24. The lowest BCUT2D eigenvalue weighted by molar-refractivity contribution is 0.364. The molecule has 102 valence electrons. The molecule has 0 saturated heterocycles. The third kappa shape index (κ3) is 2.52. The molecule has 0 radical (unpaired) electrons. The Morgan fingerprint density at radius 1 is 1.37 bits per heavy atom. The Hall–Kier alpha value is -1.35. The zero-order valence-electron chi connectivity index (χ0n) is 12.1. The molecule has 1 N–H and O–H groups in total. The SMILES string of the molecule is Cn1nc(CNC2CCC(C)(C)C2)c2ccccc21. The van der Waals surface area contributed by atoms with Crippen LogP contribution in [0, 0.1) is 5.41 Å². The number of rotatable bonds is 3. The van der Waals surface area contributed by atoms with Gasteiger partial charge in [0.25, 0.3) is 0 Å². The molecule has 1 aliphatic rings. The molecule has 1 fully saturated rings. The highest BCUT2D eigenvalue weighted by Crippen LogP contribution is 2.37. The van der Waals surface area contributed by atoms with Gasteiger partial charge in [0.2, 0.25) is 0 Å². The Balaban J connectivity index is 1.73. The summed E-state index contributed by atoms with van der Waals surface area (Å²) in [5, 5.41) is 9.60. The molecule has 1 heterocycles. The largest absolute Gasteiger partial charge is 0.308 e. The highest BCUT2D eigenvalue weighted by Gasteiger charge is 2.30. The van der Waals surface area contributed by atoms with Crippen molar-refractivity contribution < 1.29 is 0 Å². The number of nitrogens with zero attached hydrogens (tertiary/aromatic N) is 2. The third-order valence-corrected chi connectivity index (χ3v) is 4.36. The number of aromatic nitrogens is 2. The first-order chi connectivity index (χ1) is 9.05. The van der Waals surface area contributed by atoms with E-state index in [2.05, 4.69) is 48.5 Å². The molecule has 0 spiro atoms. The zero-order valence-corrected chi connectivity index (χ0v) is 12.1. The Labute approximate surface area is 115 Å². The van der Waals surface area contributed by atoms with Gasteiger partial charge in [-0.25, -0.2) is 0 Å². The summed E-state index contributed by atoms with van der Waals surface area (Å²) in [5.41, 5.74) is 2.89. The van der Waals surface area contributed by atoms with Crippen LogP contribution < -0.4 is 5.32 Å². The zero-order chi connectivity index (χ0) is 13.5. The number of nitrogens with one attached hydrogen (secondary N) is 1. The second-order valence-electron chi connectivity index (χ2n) is 6.57. The van der Waals surface area contributed by atoms with E-state index in [-0.39, 0.29) is 0 Å². The standard InChI is InChI=1S/C16H23N3/c1-16(2)9-8-12(10-16)17-11-14-13-6-4-5-7-15(13)19(3)18-14/h4-7,12,17H,8-11H2,1-3H3. The van der Waals surface area contributed by atoms with E-state index in [9.17, 15) is 0 Å². The monoisotopic (exact) mass is 257 g/mol. The Kier molecular flexibility index (Phi) is 3.09. The van der Waals surface area contributed by atoms with Crippen LogP contribution in [0.2, 0.25) is 0 Å². The molecule has 3 rings (SSSR count). The van der Waals surface area contributed by atoms with Crippen molar-refractivity contribution in [3.8, 4) is 0 Å². The van der Waals surface area contributed by atoms with Gasteiger partial charge in [-0.2, -0.15) is 5.10 Å². The average molecular weight is 257 g/mol. The van der Waals surface area contributed by atoms with Gasteiger partial charge in [-0.1, -0.05) is 32.0 Å². The number of fused-ring (bicyclic) bond motifs is 1. The van der Waals surface area contributed by atoms with Gasteiger partial charge in [0.1, 0.15) is 0 Å². The average Bonchev–Trinajstić information content (AvgIpc) is 2.88. The molecule has 1 atom stereocenters. The summed E-state index contributed by atoms with van der Waals surface area (Å²) in [4.78, 5) is 0. The van der Waals surface area contributed by atoms with Crippen molar-refractivity contribution in [3.63, 3.8) is 0 Å². The van der Waals surface area contributed by atoms with Gasteiger partial charge in [-0.3, -0.25) is 4.68 Å². The van der Waals surface area contributed by atoms with Crippen LogP contribution in [0.1, 0.15) is 38.8 Å². The molecular weight excluding hydrogens is 234 g/mol. The minimum Gasteiger partial charge on any atom is -0.308 e. The molecule has 2 aromatic rings. The Morgan fingerprint density at radius 2 is 2.16 bits per heavy atom. The van der Waals surface area contributed by atoms with Crippen LogP contribution >= 0.6 is 0 Å². The highest BCUT2D eigenvalue weighted by molar-refractivity contribution is 5.81. The molecule has 1 unspecified atom stereocenters. The summed E-state index contributed by atoms with van der Waals surface area (Å²) in [5.74, 6) is 0. The van der Waals surface area contributed by atoms with E-state index in [1.807, 2.05) is 11.7 Å². The fourth-order valence-corrected chi connectivity index (χ4v) is 3.27. The number of hydrogen-bond donors (Lipinski definition) is 1. The van der Waals surface area contributed by atoms with Crippen molar-refractivity contribution in [1.82, 2.24) is 15.1 Å². The van der Waals surface area contributed by atoms with Gasteiger partial charge in [0, 0.05) is 25.0 Å². The maximum Gasteiger partial charge on any atom is 0.0841 e. The lowest BCUT2D eigenvalue weighted by Crippen LogP contribution is -2.27. The normalized spacial score (nSPS) is 22.2. The number of para-hydroxylation sites is 1. The Bertz CT molecular complexity index is 583. The third-order valence-electron chi connectivity index (χ3n) is 4.36. The summed E-state index contributed by atoms with van der Waals surface area (Å²) in [6.45, 7) is 5.61. The Morgan fingerprint density at radius 3 is 2.89 bits per heavy atom. The summed E-state index contributed by atoms with van der Waals surface area (Å²) >= 11 is 0. The van der Waals surface area contributed by atoms with Gasteiger partial charge in [0.15, 0.2) is 0 Å². The van der Waals surface area contributed by atoms with Crippen molar-refractivity contribution in [2.75, 3.05) is 0 Å². The summed E-state index contributed by atoms with van der Waals surface area (Å²) in [7, 11) is 2.02. The minimum atomic E-state index is 0.504. The van der Waals surface area contributed by atoms with Crippen LogP contribution in [0.3, 0.4) is 0 Å². The van der Waals surface area contributed by atoms with E-state index in [4.69, 9.17) is 0 Å². The maximum atomic E-state index is 4.64. The van der Waals surface area contributed by atoms with Crippen molar-refractivity contribution >= 4 is 10.9 Å². The van der Waals surface area contributed by atoms with Gasteiger partial charge >= 0.3 is 0 Å². The first kappa shape index (κ1) is 12.7. The van der Waals surface area contributed by atoms with Gasteiger partial charge < -0.3 is 5.32 Å². The lowest BCUT2D eigenvalue weighted by atomic mass is 9.92. The number of hydrogen-bond acceptors (Lipinski definition) is 2. The van der Waals surface area contributed by atoms with E-state index in [1.165, 1.54) is 35.9 Å². The molecule has 0 aliphatic heterocycles. The van der Waals surface area contributed by atoms with Crippen LogP contribution in [0.15, 0.2) is 24.3 Å². The number of aryl methyl sites for hydroxylation is 1. The molecule has 1 aromatic carbocycles. The molecule has 0 bridgehead atoms. The molecule has 3 heteroatoms. The fraction of sp³-hybridized carbons (Fsp3) is 0.562. The van der Waals surface area contributed by atoms with Crippen LogP contribution in [-0.4, -0.2) is 15.8 Å². The van der Waals surface area contributed by atoms with Gasteiger partial charge in [0.05, 0.1) is 11.2 Å². The van der Waals surface area contributed by atoms with Crippen molar-refractivity contribution in [1.29, 1.82) is 0 Å². The minimum absolute atomic E-state index is 0.504. The smallest absolute Gasteiger partial charge is 0.0841 e. The van der Waals surface area contributed by atoms with Gasteiger partial charge in [-0.15, -0.1) is 0 Å². The molecule has 19 heavy (non-hydrogen) atoms. The second kappa shape index (κ2) is 4.64. The van der Waals surface area contributed by atoms with E-state index < -0.39 is 0 Å².